The van der Waals surface area contributed by atoms with Crippen LogP contribution in [0.1, 0.15) is 18.9 Å². The van der Waals surface area contributed by atoms with E-state index in [2.05, 4.69) is 15.0 Å². The van der Waals surface area contributed by atoms with E-state index >= 15 is 0 Å². The summed E-state index contributed by atoms with van der Waals surface area (Å²) in [5.74, 6) is 0. The van der Waals surface area contributed by atoms with Crippen molar-refractivity contribution in [1.29, 1.82) is 0 Å². The Morgan fingerprint density at radius 1 is 1.20 bits per heavy atom. The molecule has 0 amide bonds. The average Bonchev–Trinajstić information content (AvgIpc) is 2.48. The van der Waals surface area contributed by atoms with Crippen LogP contribution in [0.25, 0.3) is 0 Å². The molecule has 0 fully saturated rings. The van der Waals surface area contributed by atoms with Crippen LogP contribution in [0.2, 0.25) is 0 Å². The van der Waals surface area contributed by atoms with Crippen molar-refractivity contribution >= 4 is 12.6 Å². The molecule has 1 aromatic rings. The molecule has 0 spiro atoms. The van der Waals surface area contributed by atoms with Crippen molar-refractivity contribution in [3.63, 3.8) is 0 Å². The molecule has 0 aliphatic carbocycles. The zero-order valence-electron chi connectivity index (χ0n) is 9.09. The van der Waals surface area contributed by atoms with Crippen LogP contribution >= 0.6 is 0 Å². The molecule has 78 valence electrons. The molecule has 0 saturated carbocycles. The number of nitrogens with zero attached hydrogens (tertiary/aromatic N) is 3. The number of aromatic nitrogens is 1. The maximum Gasteiger partial charge on any atom is 0.114 e. The van der Waals surface area contributed by atoms with Gasteiger partial charge in [0.05, 0.1) is 0 Å². The molecule has 0 N–H and O–H groups in total. The van der Waals surface area contributed by atoms with Gasteiger partial charge in [0.15, 0.2) is 0 Å². The lowest BCUT2D eigenvalue weighted by Gasteiger charge is -1.84. The van der Waals surface area contributed by atoms with Gasteiger partial charge < -0.3 is 0 Å². The van der Waals surface area contributed by atoms with Crippen molar-refractivity contribution in [3.8, 4) is 0 Å². The number of aryl methyl sites for hydroxylation is 1. The van der Waals surface area contributed by atoms with Gasteiger partial charge in [-0.1, -0.05) is 6.07 Å². The van der Waals surface area contributed by atoms with Crippen LogP contribution in [0.15, 0.2) is 46.3 Å². The summed E-state index contributed by atoms with van der Waals surface area (Å²) in [4.78, 5) is 11.6. The van der Waals surface area contributed by atoms with Gasteiger partial charge in [0, 0.05) is 31.2 Å². The van der Waals surface area contributed by atoms with Crippen LogP contribution in [-0.2, 0) is 0 Å². The minimum atomic E-state index is 0.931. The van der Waals surface area contributed by atoms with E-state index in [1.807, 2.05) is 44.6 Å². The number of aliphatic imine (C=N–C) groups is 2. The van der Waals surface area contributed by atoms with Crippen molar-refractivity contribution in [2.45, 2.75) is 20.3 Å². The third kappa shape index (κ3) is 5.52. The van der Waals surface area contributed by atoms with Crippen molar-refractivity contribution in [1.82, 2.24) is 4.98 Å². The molecule has 2 rings (SSSR count). The Morgan fingerprint density at radius 3 is 2.67 bits per heavy atom. The van der Waals surface area contributed by atoms with Gasteiger partial charge in [0.2, 0.25) is 0 Å². The van der Waals surface area contributed by atoms with Crippen LogP contribution in [0, 0.1) is 6.92 Å². The summed E-state index contributed by atoms with van der Waals surface area (Å²) in [7, 11) is 0. The maximum atomic E-state index is 3.88. The fourth-order valence-electron chi connectivity index (χ4n) is 0.944. The molecule has 0 saturated heterocycles. The smallest absolute Gasteiger partial charge is 0.114 e. The molecular formula is C12H15N3. The second-order valence-corrected chi connectivity index (χ2v) is 3.31. The number of hydrogen-bond donors (Lipinski definition) is 0. The summed E-state index contributed by atoms with van der Waals surface area (Å²) < 4.78 is 0. The van der Waals surface area contributed by atoms with E-state index in [4.69, 9.17) is 0 Å². The van der Waals surface area contributed by atoms with Crippen LogP contribution in [-0.4, -0.2) is 17.5 Å². The fraction of sp³-hybridized carbons (Fsp3) is 0.250. The Bertz CT molecular complexity index is 364. The summed E-state index contributed by atoms with van der Waals surface area (Å²) in [6, 6.07) is 3.95. The van der Waals surface area contributed by atoms with Crippen molar-refractivity contribution < 1.29 is 0 Å². The number of hydrogen-bond acceptors (Lipinski definition) is 3. The van der Waals surface area contributed by atoms with Crippen LogP contribution < -0.4 is 0 Å². The molecule has 1 aliphatic rings. The Hall–Kier alpha value is -1.77. The van der Waals surface area contributed by atoms with Gasteiger partial charge in [0.1, 0.15) is 6.34 Å². The molecule has 1 aliphatic heterocycles. The molecule has 0 unspecified atom stereocenters. The average molecular weight is 201 g/mol. The van der Waals surface area contributed by atoms with E-state index in [1.54, 1.807) is 12.5 Å². The highest BCUT2D eigenvalue weighted by Gasteiger charge is 1.85. The van der Waals surface area contributed by atoms with Gasteiger partial charge in [-0.3, -0.25) is 4.98 Å². The Labute approximate surface area is 90.3 Å². The highest BCUT2D eigenvalue weighted by molar-refractivity contribution is 5.75. The van der Waals surface area contributed by atoms with Crippen LogP contribution in [0.5, 0.6) is 0 Å². The quantitative estimate of drug-likeness (QED) is 0.636. The minimum absolute atomic E-state index is 0.931. The fourth-order valence-corrected chi connectivity index (χ4v) is 0.944. The van der Waals surface area contributed by atoms with E-state index in [0.29, 0.717) is 0 Å². The van der Waals surface area contributed by atoms with E-state index < -0.39 is 0 Å². The Balaban J connectivity index is 0.000000151. The van der Waals surface area contributed by atoms with Gasteiger partial charge in [0.25, 0.3) is 0 Å². The van der Waals surface area contributed by atoms with Crippen LogP contribution in [0.4, 0.5) is 0 Å². The summed E-state index contributed by atoms with van der Waals surface area (Å²) in [6.07, 6.45) is 9.76. The molecule has 0 atom stereocenters. The van der Waals surface area contributed by atoms with Crippen molar-refractivity contribution in [2.24, 2.45) is 9.98 Å². The largest absolute Gasteiger partial charge is 0.264 e. The first-order chi connectivity index (χ1) is 7.29. The molecule has 15 heavy (non-hydrogen) atoms. The third-order valence-electron chi connectivity index (χ3n) is 1.76. The molecule has 0 bridgehead atoms. The molecule has 3 heteroatoms. The summed E-state index contributed by atoms with van der Waals surface area (Å²) in [5.41, 5.74) is 2.46. The SMILES string of the molecule is CC1=CN=CN=CC1.Cc1cccnc1. The Morgan fingerprint density at radius 2 is 2.07 bits per heavy atom. The first-order valence-electron chi connectivity index (χ1n) is 4.84. The predicted molar refractivity (Wildman–Crippen MR) is 64.3 cm³/mol. The first-order valence-corrected chi connectivity index (χ1v) is 4.84. The van der Waals surface area contributed by atoms with Gasteiger partial charge in [-0.25, -0.2) is 9.98 Å². The molecule has 1 aromatic heterocycles. The second kappa shape index (κ2) is 6.65. The molecule has 3 nitrogen and oxygen atoms in total. The highest BCUT2D eigenvalue weighted by atomic mass is 14.8. The second-order valence-electron chi connectivity index (χ2n) is 3.31. The molecule has 0 aromatic carbocycles. The van der Waals surface area contributed by atoms with Gasteiger partial charge in [-0.15, -0.1) is 0 Å². The first kappa shape index (κ1) is 11.3. The minimum Gasteiger partial charge on any atom is -0.264 e. The maximum absolute atomic E-state index is 3.88. The summed E-state index contributed by atoms with van der Waals surface area (Å²) in [6.45, 7) is 4.06. The lowest BCUT2D eigenvalue weighted by molar-refractivity contribution is 1.27. The monoisotopic (exact) mass is 201 g/mol. The molecular weight excluding hydrogens is 186 g/mol. The van der Waals surface area contributed by atoms with E-state index in [9.17, 15) is 0 Å². The van der Waals surface area contributed by atoms with Crippen LogP contribution in [0.3, 0.4) is 0 Å². The lowest BCUT2D eigenvalue weighted by atomic mass is 10.2. The van der Waals surface area contributed by atoms with E-state index in [0.717, 1.165) is 6.42 Å². The van der Waals surface area contributed by atoms with Gasteiger partial charge in [-0.2, -0.15) is 0 Å². The zero-order chi connectivity index (χ0) is 10.9. The summed E-state index contributed by atoms with van der Waals surface area (Å²) in [5, 5.41) is 0. The third-order valence-corrected chi connectivity index (χ3v) is 1.76. The standard InChI is InChI=1S/C6H8N2.C6H7N/c1-6-2-3-7-5-8-4-6;1-6-3-2-4-7-5-6/h3-5H,2H2,1H3;2-5H,1H3. The predicted octanol–water partition coefficient (Wildman–Crippen LogP) is 2.78. The number of pyridine rings is 1. The Kier molecular flexibility index (Phi) is 5.01. The topological polar surface area (TPSA) is 37.6 Å². The normalized spacial score (nSPS) is 13.6. The molecule has 2 heterocycles. The van der Waals surface area contributed by atoms with Gasteiger partial charge >= 0.3 is 0 Å². The number of allylic oxidation sites excluding steroid dienone is 1. The van der Waals surface area contributed by atoms with E-state index in [1.165, 1.54) is 11.1 Å². The van der Waals surface area contributed by atoms with E-state index in [-0.39, 0.29) is 0 Å². The zero-order valence-corrected chi connectivity index (χ0v) is 9.09. The van der Waals surface area contributed by atoms with Gasteiger partial charge in [-0.05, 0) is 31.1 Å². The van der Waals surface area contributed by atoms with Crippen molar-refractivity contribution in [3.05, 3.63) is 41.9 Å². The number of rotatable bonds is 0. The van der Waals surface area contributed by atoms with Crippen molar-refractivity contribution in [2.75, 3.05) is 0 Å². The summed E-state index contributed by atoms with van der Waals surface area (Å²) >= 11 is 0. The molecule has 0 radical (unpaired) electrons. The lowest BCUT2D eigenvalue weighted by Crippen LogP contribution is -1.73. The highest BCUT2D eigenvalue weighted by Crippen LogP contribution is 1.98.